The van der Waals surface area contributed by atoms with Gasteiger partial charge in [0, 0.05) is 24.9 Å². The first-order chi connectivity index (χ1) is 9.17. The van der Waals surface area contributed by atoms with Gasteiger partial charge in [-0.3, -0.25) is 4.79 Å². The molecule has 1 aromatic rings. The average molecular weight is 262 g/mol. The first-order valence-corrected chi connectivity index (χ1v) is 7.26. The Morgan fingerprint density at radius 3 is 2.84 bits per heavy atom. The van der Waals surface area contributed by atoms with Crippen molar-refractivity contribution in [2.24, 2.45) is 17.6 Å². The van der Waals surface area contributed by atoms with Gasteiger partial charge in [0.15, 0.2) is 0 Å². The zero-order valence-electron chi connectivity index (χ0n) is 11.4. The summed E-state index contributed by atoms with van der Waals surface area (Å²) in [7, 11) is 0. The zero-order valence-corrected chi connectivity index (χ0v) is 11.4. The van der Waals surface area contributed by atoms with Gasteiger partial charge in [-0.25, -0.2) is 0 Å². The maximum Gasteiger partial charge on any atom is 0.225 e. The minimum absolute atomic E-state index is 0.0720. The molecule has 0 bridgehead atoms. The molecule has 1 heterocycles. The van der Waals surface area contributed by atoms with Crippen LogP contribution in [0.2, 0.25) is 0 Å². The van der Waals surface area contributed by atoms with Crippen LogP contribution < -0.4 is 11.1 Å². The Bertz CT molecular complexity index is 464. The van der Waals surface area contributed by atoms with Crippen LogP contribution in [0.3, 0.4) is 0 Å². The molecule has 4 heteroatoms. The van der Waals surface area contributed by atoms with Crippen molar-refractivity contribution in [1.82, 2.24) is 5.32 Å². The summed E-state index contributed by atoms with van der Waals surface area (Å²) in [6, 6.07) is 4.43. The van der Waals surface area contributed by atoms with Gasteiger partial charge in [-0.05, 0) is 37.3 Å². The van der Waals surface area contributed by atoms with E-state index in [1.54, 1.807) is 0 Å². The fraction of sp³-hybridized carbons (Fsp3) is 0.667. The molecule has 4 nitrogen and oxygen atoms in total. The summed E-state index contributed by atoms with van der Waals surface area (Å²) in [4.78, 5) is 12.0. The molecule has 3 atom stereocenters. The summed E-state index contributed by atoms with van der Waals surface area (Å²) in [6.45, 7) is 2.60. The molecule has 3 rings (SSSR count). The molecule has 104 valence electrons. The largest absolute Gasteiger partial charge is 0.466 e. The van der Waals surface area contributed by atoms with Crippen LogP contribution in [-0.4, -0.2) is 18.5 Å². The van der Waals surface area contributed by atoms with Gasteiger partial charge in [0.1, 0.15) is 11.5 Å². The van der Waals surface area contributed by atoms with E-state index in [2.05, 4.69) is 18.3 Å². The fourth-order valence-electron chi connectivity index (χ4n) is 2.49. The number of hydrogen-bond acceptors (Lipinski definition) is 3. The van der Waals surface area contributed by atoms with Gasteiger partial charge in [0.2, 0.25) is 5.91 Å². The van der Waals surface area contributed by atoms with E-state index in [0.29, 0.717) is 24.9 Å². The molecule has 3 unspecified atom stereocenters. The third-order valence-electron chi connectivity index (χ3n) is 4.18. The number of nitrogens with one attached hydrogen (secondary N) is 1. The van der Waals surface area contributed by atoms with E-state index in [1.165, 1.54) is 6.42 Å². The van der Waals surface area contributed by atoms with Crippen LogP contribution in [0.5, 0.6) is 0 Å². The van der Waals surface area contributed by atoms with Crippen LogP contribution >= 0.6 is 0 Å². The van der Waals surface area contributed by atoms with Gasteiger partial charge in [-0.15, -0.1) is 0 Å². The first-order valence-electron chi connectivity index (χ1n) is 7.26. The molecule has 0 aromatic carbocycles. The highest BCUT2D eigenvalue weighted by Crippen LogP contribution is 2.47. The van der Waals surface area contributed by atoms with Crippen molar-refractivity contribution < 1.29 is 9.21 Å². The standard InChI is InChI=1S/C15H22N2O2/c1-9-6-13(9)14-5-4-12(19-14)7-10(8-16)15(18)17-11-2-3-11/h4-5,9-11,13H,2-3,6-8,16H2,1H3,(H,17,18). The van der Waals surface area contributed by atoms with Gasteiger partial charge in [-0.1, -0.05) is 6.92 Å². The molecular formula is C15H22N2O2. The Labute approximate surface area is 113 Å². The number of rotatable bonds is 6. The highest BCUT2D eigenvalue weighted by molar-refractivity contribution is 5.79. The highest BCUT2D eigenvalue weighted by Gasteiger charge is 2.36. The molecule has 2 aliphatic carbocycles. The van der Waals surface area contributed by atoms with Gasteiger partial charge in [-0.2, -0.15) is 0 Å². The number of carbonyl (C=O) groups excluding carboxylic acids is 1. The third-order valence-corrected chi connectivity index (χ3v) is 4.18. The molecule has 0 saturated heterocycles. The van der Waals surface area contributed by atoms with Crippen molar-refractivity contribution in [3.8, 4) is 0 Å². The second kappa shape index (κ2) is 5.00. The van der Waals surface area contributed by atoms with Crippen molar-refractivity contribution in [1.29, 1.82) is 0 Å². The lowest BCUT2D eigenvalue weighted by Crippen LogP contribution is -2.37. The molecule has 19 heavy (non-hydrogen) atoms. The molecule has 3 N–H and O–H groups in total. The Hall–Kier alpha value is -1.29. The lowest BCUT2D eigenvalue weighted by Gasteiger charge is -2.13. The quantitative estimate of drug-likeness (QED) is 0.821. The molecule has 0 radical (unpaired) electrons. The molecule has 1 amide bonds. The van der Waals surface area contributed by atoms with E-state index in [4.69, 9.17) is 10.2 Å². The van der Waals surface area contributed by atoms with Crippen molar-refractivity contribution in [3.05, 3.63) is 23.7 Å². The van der Waals surface area contributed by atoms with E-state index in [-0.39, 0.29) is 11.8 Å². The number of carbonyl (C=O) groups is 1. The Kier molecular flexibility index (Phi) is 3.35. The Morgan fingerprint density at radius 2 is 2.26 bits per heavy atom. The van der Waals surface area contributed by atoms with E-state index in [1.807, 2.05) is 6.07 Å². The summed E-state index contributed by atoms with van der Waals surface area (Å²) in [5.41, 5.74) is 5.72. The van der Waals surface area contributed by atoms with Gasteiger partial charge >= 0.3 is 0 Å². The Balaban J connectivity index is 1.58. The third kappa shape index (κ3) is 3.00. The topological polar surface area (TPSA) is 68.3 Å². The maximum atomic E-state index is 12.0. The second-order valence-corrected chi connectivity index (χ2v) is 6.04. The normalized spacial score (nSPS) is 27.1. The lowest BCUT2D eigenvalue weighted by molar-refractivity contribution is -0.124. The zero-order chi connectivity index (χ0) is 13.4. The van der Waals surface area contributed by atoms with E-state index < -0.39 is 0 Å². The Morgan fingerprint density at radius 1 is 1.53 bits per heavy atom. The first kappa shape index (κ1) is 12.7. The minimum Gasteiger partial charge on any atom is -0.466 e. The summed E-state index contributed by atoms with van der Waals surface area (Å²) in [5.74, 6) is 3.18. The average Bonchev–Trinajstić information content (AvgIpc) is 3.29. The lowest BCUT2D eigenvalue weighted by atomic mass is 10.0. The van der Waals surface area contributed by atoms with Gasteiger partial charge in [0.25, 0.3) is 0 Å². The van der Waals surface area contributed by atoms with E-state index in [9.17, 15) is 4.79 Å². The van der Waals surface area contributed by atoms with Crippen molar-refractivity contribution in [3.63, 3.8) is 0 Å². The molecule has 2 saturated carbocycles. The minimum atomic E-state index is -0.170. The molecule has 2 aliphatic rings. The van der Waals surface area contributed by atoms with Crippen LogP contribution in [0.1, 0.15) is 43.6 Å². The van der Waals surface area contributed by atoms with Crippen molar-refractivity contribution in [2.75, 3.05) is 6.54 Å². The number of furan rings is 1. The monoisotopic (exact) mass is 262 g/mol. The second-order valence-electron chi connectivity index (χ2n) is 6.04. The number of amides is 1. The van der Waals surface area contributed by atoms with Gasteiger partial charge in [0.05, 0.1) is 5.92 Å². The predicted molar refractivity (Wildman–Crippen MR) is 72.6 cm³/mol. The fourth-order valence-corrected chi connectivity index (χ4v) is 2.49. The van der Waals surface area contributed by atoms with Crippen molar-refractivity contribution >= 4 is 5.91 Å². The van der Waals surface area contributed by atoms with Crippen LogP contribution in [0, 0.1) is 11.8 Å². The molecule has 1 aromatic heterocycles. The van der Waals surface area contributed by atoms with Crippen LogP contribution in [0.4, 0.5) is 0 Å². The predicted octanol–water partition coefficient (Wildman–Crippen LogP) is 1.80. The molecule has 0 aliphatic heterocycles. The van der Waals surface area contributed by atoms with E-state index >= 15 is 0 Å². The highest BCUT2D eigenvalue weighted by atomic mass is 16.3. The SMILES string of the molecule is CC1CC1c1ccc(CC(CN)C(=O)NC2CC2)o1. The molecule has 2 fully saturated rings. The van der Waals surface area contributed by atoms with Crippen LogP contribution in [-0.2, 0) is 11.2 Å². The van der Waals surface area contributed by atoms with Crippen LogP contribution in [0.25, 0.3) is 0 Å². The number of nitrogens with two attached hydrogens (primary N) is 1. The molecular weight excluding hydrogens is 240 g/mol. The summed E-state index contributed by atoms with van der Waals surface area (Å²) < 4.78 is 5.85. The van der Waals surface area contributed by atoms with E-state index in [0.717, 1.165) is 30.3 Å². The van der Waals surface area contributed by atoms with Gasteiger partial charge < -0.3 is 15.5 Å². The van der Waals surface area contributed by atoms with Crippen LogP contribution in [0.15, 0.2) is 16.5 Å². The molecule has 0 spiro atoms. The number of hydrogen-bond donors (Lipinski definition) is 2. The summed E-state index contributed by atoms with van der Waals surface area (Å²) in [5, 5.41) is 3.01. The smallest absolute Gasteiger partial charge is 0.225 e. The maximum absolute atomic E-state index is 12.0. The van der Waals surface area contributed by atoms with Crippen molar-refractivity contribution in [2.45, 2.75) is 44.6 Å². The summed E-state index contributed by atoms with van der Waals surface area (Å²) >= 11 is 0. The summed E-state index contributed by atoms with van der Waals surface area (Å²) in [6.07, 6.45) is 4.03.